The predicted molar refractivity (Wildman–Crippen MR) is 141 cm³/mol. The monoisotopic (exact) mass is 508 g/mol. The van der Waals surface area contributed by atoms with Gasteiger partial charge in [0.15, 0.2) is 5.78 Å². The zero-order valence-corrected chi connectivity index (χ0v) is 21.9. The molecule has 37 heavy (non-hydrogen) atoms. The molecule has 1 aromatic rings. The minimum Gasteiger partial charge on any atom is -0.497 e. The van der Waals surface area contributed by atoms with E-state index in [1.165, 1.54) is 12.8 Å². The lowest BCUT2D eigenvalue weighted by atomic mass is 9.89. The molecule has 0 spiro atoms. The molecule has 1 saturated carbocycles. The van der Waals surface area contributed by atoms with Crippen LogP contribution >= 0.6 is 0 Å². The number of likely N-dealkylation sites (tertiary alicyclic amines) is 1. The van der Waals surface area contributed by atoms with Gasteiger partial charge in [0.1, 0.15) is 5.75 Å². The molecular formula is C29H40N4O4. The first-order valence-electron chi connectivity index (χ1n) is 13.9. The van der Waals surface area contributed by atoms with Gasteiger partial charge in [-0.2, -0.15) is 0 Å². The summed E-state index contributed by atoms with van der Waals surface area (Å²) in [6.07, 6.45) is 10.7. The van der Waals surface area contributed by atoms with E-state index in [0.717, 1.165) is 63.1 Å². The Labute approximate surface area is 219 Å². The predicted octanol–water partition coefficient (Wildman–Crippen LogP) is 2.60. The summed E-state index contributed by atoms with van der Waals surface area (Å²) in [4.78, 5) is 43.3. The number of amides is 2. The van der Waals surface area contributed by atoms with Crippen LogP contribution in [0.2, 0.25) is 0 Å². The van der Waals surface area contributed by atoms with Gasteiger partial charge in [-0.15, -0.1) is 0 Å². The fraction of sp³-hybridized carbons (Fsp3) is 0.621. The van der Waals surface area contributed by atoms with Gasteiger partial charge in [-0.05, 0) is 88.2 Å². The number of allylic oxidation sites excluding steroid dienone is 1. The number of fused-ring (bicyclic) bond motifs is 1. The molecule has 0 aromatic heterocycles. The molecule has 0 radical (unpaired) electrons. The molecule has 0 bridgehead atoms. The molecule has 5 rings (SSSR count). The Morgan fingerprint density at radius 3 is 2.49 bits per heavy atom. The van der Waals surface area contributed by atoms with Crippen LogP contribution in [0.15, 0.2) is 36.4 Å². The molecule has 2 saturated heterocycles. The van der Waals surface area contributed by atoms with Crippen molar-refractivity contribution in [3.63, 3.8) is 0 Å². The number of Topliss-reactive ketones (excluding diaryl/α,β-unsaturated/α-hetero) is 1. The van der Waals surface area contributed by atoms with Crippen LogP contribution in [0.3, 0.4) is 0 Å². The van der Waals surface area contributed by atoms with Crippen molar-refractivity contribution in [3.8, 4) is 5.75 Å². The summed E-state index contributed by atoms with van der Waals surface area (Å²) in [5, 5.41) is 6.75. The maximum atomic E-state index is 13.4. The Hall–Kier alpha value is -2.71. The van der Waals surface area contributed by atoms with Crippen LogP contribution in [0.4, 0.5) is 0 Å². The molecular weight excluding hydrogens is 468 g/mol. The average Bonchev–Trinajstić information content (AvgIpc) is 3.75. The van der Waals surface area contributed by atoms with Crippen molar-refractivity contribution >= 4 is 17.6 Å². The average molecular weight is 509 g/mol. The van der Waals surface area contributed by atoms with E-state index in [1.54, 1.807) is 7.11 Å². The Kier molecular flexibility index (Phi) is 8.25. The third-order valence-corrected chi connectivity index (χ3v) is 8.38. The molecule has 1 aromatic carbocycles. The number of nitrogens with one attached hydrogen (secondary N) is 2. The molecule has 2 aliphatic carbocycles. The summed E-state index contributed by atoms with van der Waals surface area (Å²) < 4.78 is 5.19. The van der Waals surface area contributed by atoms with Crippen molar-refractivity contribution in [2.24, 2.45) is 17.8 Å². The van der Waals surface area contributed by atoms with E-state index in [-0.39, 0.29) is 41.6 Å². The molecule has 2 amide bonds. The van der Waals surface area contributed by atoms with Crippen molar-refractivity contribution < 1.29 is 19.1 Å². The Balaban J connectivity index is 1.13. The molecule has 3 unspecified atom stereocenters. The lowest BCUT2D eigenvalue weighted by Gasteiger charge is -2.39. The molecule has 3 atom stereocenters. The van der Waals surface area contributed by atoms with Crippen LogP contribution in [0.5, 0.6) is 5.75 Å². The smallest absolute Gasteiger partial charge is 0.236 e. The van der Waals surface area contributed by atoms with E-state index >= 15 is 0 Å². The number of carbonyl (C=O) groups is 3. The fourth-order valence-electron chi connectivity index (χ4n) is 5.92. The summed E-state index contributed by atoms with van der Waals surface area (Å²) in [5.41, 5.74) is 0.722. The highest BCUT2D eigenvalue weighted by Gasteiger charge is 2.38. The van der Waals surface area contributed by atoms with Gasteiger partial charge in [0.25, 0.3) is 0 Å². The number of ketones is 1. The number of benzene rings is 1. The minimum absolute atomic E-state index is 0.000699. The van der Waals surface area contributed by atoms with E-state index in [4.69, 9.17) is 4.74 Å². The zero-order valence-electron chi connectivity index (χ0n) is 21.9. The molecule has 200 valence electrons. The highest BCUT2D eigenvalue weighted by atomic mass is 16.5. The lowest BCUT2D eigenvalue weighted by Crippen LogP contribution is -2.64. The van der Waals surface area contributed by atoms with Gasteiger partial charge in [0.05, 0.1) is 32.3 Å². The minimum atomic E-state index is -0.212. The number of piperidine rings is 1. The quantitative estimate of drug-likeness (QED) is 0.394. The lowest BCUT2D eigenvalue weighted by molar-refractivity contribution is -0.136. The number of ether oxygens (including phenoxy) is 1. The van der Waals surface area contributed by atoms with E-state index in [2.05, 4.69) is 27.7 Å². The maximum absolute atomic E-state index is 13.4. The summed E-state index contributed by atoms with van der Waals surface area (Å²) >= 11 is 0. The van der Waals surface area contributed by atoms with Gasteiger partial charge in [-0.1, -0.05) is 12.2 Å². The Morgan fingerprint density at radius 2 is 1.78 bits per heavy atom. The SMILES string of the molecule is COc1ccc(C(=O)C2CCN(CC(=O)N(CC3CC3)CC3NC(=O)C4CCC=CCC4N3)CC2)cc1. The second-order valence-electron chi connectivity index (χ2n) is 11.1. The standard InChI is InChI=1S/C29H40N4O4/c1-37-23-11-9-21(10-12-23)28(35)22-13-15-32(16-14-22)19-27(34)33(17-20-7-8-20)18-26-30-25-6-4-2-3-5-24(25)29(36)31-26/h2,4,9-12,20,22,24-26,30H,3,5-8,13-19H2,1H3,(H,31,36). The number of rotatable bonds is 9. The normalized spacial score (nSPS) is 26.6. The van der Waals surface area contributed by atoms with Crippen molar-refractivity contribution in [1.29, 1.82) is 0 Å². The number of hydrogen-bond donors (Lipinski definition) is 2. The second-order valence-corrected chi connectivity index (χ2v) is 11.1. The van der Waals surface area contributed by atoms with Crippen LogP contribution in [0.1, 0.15) is 55.3 Å². The highest BCUT2D eigenvalue weighted by Crippen LogP contribution is 2.30. The van der Waals surface area contributed by atoms with E-state index < -0.39 is 0 Å². The maximum Gasteiger partial charge on any atom is 0.236 e. The van der Waals surface area contributed by atoms with Crippen LogP contribution < -0.4 is 15.4 Å². The third-order valence-electron chi connectivity index (χ3n) is 8.38. The highest BCUT2D eigenvalue weighted by molar-refractivity contribution is 5.98. The van der Waals surface area contributed by atoms with E-state index in [9.17, 15) is 14.4 Å². The molecule has 4 aliphatic rings. The van der Waals surface area contributed by atoms with Gasteiger partial charge in [-0.25, -0.2) is 0 Å². The Bertz CT molecular complexity index is 998. The first kappa shape index (κ1) is 25.9. The third kappa shape index (κ3) is 6.60. The van der Waals surface area contributed by atoms with Crippen molar-refractivity contribution in [2.75, 3.05) is 39.8 Å². The summed E-state index contributed by atoms with van der Waals surface area (Å²) in [6, 6.07) is 7.45. The zero-order chi connectivity index (χ0) is 25.8. The summed E-state index contributed by atoms with van der Waals surface area (Å²) in [6.45, 7) is 3.10. The van der Waals surface area contributed by atoms with Gasteiger partial charge >= 0.3 is 0 Å². The van der Waals surface area contributed by atoms with Crippen LogP contribution in [-0.2, 0) is 9.59 Å². The molecule has 2 N–H and O–H groups in total. The summed E-state index contributed by atoms with van der Waals surface area (Å²) in [7, 11) is 1.62. The first-order valence-corrected chi connectivity index (χ1v) is 13.9. The van der Waals surface area contributed by atoms with Gasteiger partial charge in [0.2, 0.25) is 11.8 Å². The van der Waals surface area contributed by atoms with E-state index in [0.29, 0.717) is 19.0 Å². The van der Waals surface area contributed by atoms with Crippen molar-refractivity contribution in [3.05, 3.63) is 42.0 Å². The van der Waals surface area contributed by atoms with E-state index in [1.807, 2.05) is 29.2 Å². The second kappa shape index (κ2) is 11.8. The molecule has 8 heteroatoms. The first-order chi connectivity index (χ1) is 18.0. The van der Waals surface area contributed by atoms with Gasteiger partial charge in [-0.3, -0.25) is 24.6 Å². The number of methoxy groups -OCH3 is 1. The summed E-state index contributed by atoms with van der Waals surface area (Å²) in [5.74, 6) is 1.71. The van der Waals surface area contributed by atoms with Gasteiger partial charge < -0.3 is 15.0 Å². The van der Waals surface area contributed by atoms with Crippen LogP contribution in [-0.4, -0.2) is 79.4 Å². The fourth-order valence-corrected chi connectivity index (χ4v) is 5.92. The van der Waals surface area contributed by atoms with Gasteiger partial charge in [0, 0.05) is 24.1 Å². The molecule has 3 fully saturated rings. The number of nitrogens with zero attached hydrogens (tertiary/aromatic N) is 2. The molecule has 2 aliphatic heterocycles. The Morgan fingerprint density at radius 1 is 1.03 bits per heavy atom. The van der Waals surface area contributed by atoms with Crippen LogP contribution in [0.25, 0.3) is 0 Å². The topological polar surface area (TPSA) is 91.0 Å². The number of carbonyl (C=O) groups excluding carboxylic acids is 3. The molecule has 2 heterocycles. The van der Waals surface area contributed by atoms with Crippen molar-refractivity contribution in [2.45, 2.75) is 57.2 Å². The number of hydrogen-bond acceptors (Lipinski definition) is 6. The van der Waals surface area contributed by atoms with Crippen LogP contribution in [0, 0.1) is 17.8 Å². The molecule has 8 nitrogen and oxygen atoms in total. The van der Waals surface area contributed by atoms with Crippen molar-refractivity contribution in [1.82, 2.24) is 20.4 Å². The largest absolute Gasteiger partial charge is 0.497 e.